The van der Waals surface area contributed by atoms with Gasteiger partial charge in [0.15, 0.2) is 12.4 Å². The number of ether oxygens (including phenoxy) is 1. The van der Waals surface area contributed by atoms with Gasteiger partial charge in [-0.2, -0.15) is 23.1 Å². The lowest BCUT2D eigenvalue weighted by molar-refractivity contribution is -0.155. The Labute approximate surface area is 150 Å². The van der Waals surface area contributed by atoms with Crippen molar-refractivity contribution in [2.45, 2.75) is 19.7 Å². The highest BCUT2D eigenvalue weighted by Crippen LogP contribution is 2.32. The monoisotopic (exact) mass is 379 g/mol. The van der Waals surface area contributed by atoms with E-state index in [2.05, 4.69) is 24.6 Å². The van der Waals surface area contributed by atoms with Crippen molar-refractivity contribution >= 4 is 11.9 Å². The summed E-state index contributed by atoms with van der Waals surface area (Å²) >= 11 is 0. The molecule has 0 fully saturated rings. The van der Waals surface area contributed by atoms with E-state index in [1.165, 1.54) is 24.3 Å². The molecule has 0 atom stereocenters. The number of aryl methyl sites for hydroxylation is 1. The number of rotatable bonds is 4. The Bertz CT molecular complexity index is 967. The molecule has 0 bridgehead atoms. The zero-order chi connectivity index (χ0) is 19.6. The molecule has 8 nitrogen and oxygen atoms in total. The second-order valence-electron chi connectivity index (χ2n) is 5.39. The number of aromatic nitrogens is 4. The van der Waals surface area contributed by atoms with Crippen LogP contribution in [-0.2, 0) is 17.5 Å². The Morgan fingerprint density at radius 3 is 2.67 bits per heavy atom. The lowest BCUT2D eigenvalue weighted by Gasteiger charge is -2.06. The van der Waals surface area contributed by atoms with Crippen molar-refractivity contribution < 1.29 is 27.2 Å². The summed E-state index contributed by atoms with van der Waals surface area (Å²) in [6.45, 7) is 1.37. The fourth-order valence-corrected chi connectivity index (χ4v) is 2.19. The van der Waals surface area contributed by atoms with E-state index in [4.69, 9.17) is 10.5 Å². The van der Waals surface area contributed by atoms with Crippen molar-refractivity contribution in [3.8, 4) is 11.3 Å². The summed E-state index contributed by atoms with van der Waals surface area (Å²) in [4.78, 5) is 23.8. The third kappa shape index (κ3) is 4.37. The first-order valence-corrected chi connectivity index (χ1v) is 7.51. The average Bonchev–Trinajstić information content (AvgIpc) is 3.09. The molecule has 0 saturated heterocycles. The highest BCUT2D eigenvalue weighted by Gasteiger charge is 2.36. The molecule has 0 aliphatic rings. The molecule has 2 aromatic heterocycles. The van der Waals surface area contributed by atoms with Crippen molar-refractivity contribution in [3.63, 3.8) is 0 Å². The maximum atomic E-state index is 12.6. The van der Waals surface area contributed by atoms with Gasteiger partial charge in [-0.25, -0.2) is 9.78 Å². The van der Waals surface area contributed by atoms with Crippen LogP contribution in [0.5, 0.6) is 0 Å². The van der Waals surface area contributed by atoms with Gasteiger partial charge in [-0.1, -0.05) is 17.3 Å². The Hall–Kier alpha value is -3.50. The number of nitrogen functional groups attached to an aromatic ring is 1. The van der Waals surface area contributed by atoms with Gasteiger partial charge in [-0.05, 0) is 19.1 Å². The standard InChI is InChI=1S/C16H12F3N5O3/c1-8-21-13(23-15(20)22-8)7-26-14(25)10-4-2-3-9(5-10)11-6-12(27-24-11)16(17,18)19/h2-6H,7H2,1H3,(H2,20,21,22,23). The minimum absolute atomic E-state index is 0.00190. The minimum Gasteiger partial charge on any atom is -0.454 e. The van der Waals surface area contributed by atoms with Crippen LogP contribution in [0.4, 0.5) is 19.1 Å². The lowest BCUT2D eigenvalue weighted by atomic mass is 10.1. The van der Waals surface area contributed by atoms with Crippen LogP contribution >= 0.6 is 0 Å². The third-order valence-electron chi connectivity index (χ3n) is 3.33. The molecule has 0 amide bonds. The summed E-state index contributed by atoms with van der Waals surface area (Å²) in [5.74, 6) is -1.39. The Morgan fingerprint density at radius 2 is 2.00 bits per heavy atom. The van der Waals surface area contributed by atoms with E-state index in [0.717, 1.165) is 6.07 Å². The fourth-order valence-electron chi connectivity index (χ4n) is 2.19. The lowest BCUT2D eigenvalue weighted by Crippen LogP contribution is -2.10. The van der Waals surface area contributed by atoms with Crippen LogP contribution in [-0.4, -0.2) is 26.1 Å². The molecule has 2 heterocycles. The smallest absolute Gasteiger partial charge is 0.452 e. The molecule has 0 aliphatic heterocycles. The van der Waals surface area contributed by atoms with Crippen LogP contribution in [0.3, 0.4) is 0 Å². The molecule has 0 unspecified atom stereocenters. The molecule has 27 heavy (non-hydrogen) atoms. The first-order valence-electron chi connectivity index (χ1n) is 7.51. The van der Waals surface area contributed by atoms with E-state index in [-0.39, 0.29) is 35.2 Å². The number of halogens is 3. The first kappa shape index (κ1) is 18.3. The molecular weight excluding hydrogens is 367 g/mol. The van der Waals surface area contributed by atoms with Crippen molar-refractivity contribution in [1.29, 1.82) is 0 Å². The van der Waals surface area contributed by atoms with E-state index < -0.39 is 17.9 Å². The quantitative estimate of drug-likeness (QED) is 0.688. The molecule has 11 heteroatoms. The van der Waals surface area contributed by atoms with Gasteiger partial charge in [-0.3, -0.25) is 0 Å². The van der Waals surface area contributed by atoms with Gasteiger partial charge in [0.2, 0.25) is 11.7 Å². The number of hydrogen-bond acceptors (Lipinski definition) is 8. The Balaban J connectivity index is 1.74. The zero-order valence-electron chi connectivity index (χ0n) is 13.8. The molecule has 0 aliphatic carbocycles. The van der Waals surface area contributed by atoms with Gasteiger partial charge in [0.05, 0.1) is 5.56 Å². The number of carbonyl (C=O) groups is 1. The molecule has 3 rings (SSSR count). The summed E-state index contributed by atoms with van der Waals surface area (Å²) < 4.78 is 47.2. The van der Waals surface area contributed by atoms with Gasteiger partial charge in [0, 0.05) is 11.6 Å². The van der Waals surface area contributed by atoms with E-state index >= 15 is 0 Å². The van der Waals surface area contributed by atoms with Gasteiger partial charge < -0.3 is 15.0 Å². The van der Waals surface area contributed by atoms with Crippen molar-refractivity contribution in [2.24, 2.45) is 0 Å². The number of carbonyl (C=O) groups excluding carboxylic acids is 1. The van der Waals surface area contributed by atoms with Crippen LogP contribution in [0.1, 0.15) is 27.8 Å². The zero-order valence-corrected chi connectivity index (χ0v) is 13.8. The third-order valence-corrected chi connectivity index (χ3v) is 3.33. The summed E-state index contributed by atoms with van der Waals surface area (Å²) in [7, 11) is 0. The van der Waals surface area contributed by atoms with Crippen LogP contribution in [0.25, 0.3) is 11.3 Å². The minimum atomic E-state index is -4.65. The van der Waals surface area contributed by atoms with Crippen molar-refractivity contribution in [3.05, 3.63) is 53.3 Å². The molecule has 1 aromatic carbocycles. The van der Waals surface area contributed by atoms with Gasteiger partial charge >= 0.3 is 12.1 Å². The predicted molar refractivity (Wildman–Crippen MR) is 85.0 cm³/mol. The molecule has 2 N–H and O–H groups in total. The predicted octanol–water partition coefficient (Wildman–Crippen LogP) is 2.79. The highest BCUT2D eigenvalue weighted by molar-refractivity contribution is 5.90. The van der Waals surface area contributed by atoms with Crippen LogP contribution in [0.2, 0.25) is 0 Å². The Morgan fingerprint density at radius 1 is 1.22 bits per heavy atom. The largest absolute Gasteiger partial charge is 0.454 e. The van der Waals surface area contributed by atoms with Crippen LogP contribution in [0.15, 0.2) is 34.9 Å². The van der Waals surface area contributed by atoms with Crippen LogP contribution < -0.4 is 5.73 Å². The molecule has 0 radical (unpaired) electrons. The fraction of sp³-hybridized carbons (Fsp3) is 0.188. The number of anilines is 1. The first-order chi connectivity index (χ1) is 12.7. The second-order valence-corrected chi connectivity index (χ2v) is 5.39. The molecule has 140 valence electrons. The van der Waals surface area contributed by atoms with E-state index in [0.29, 0.717) is 5.82 Å². The average molecular weight is 379 g/mol. The highest BCUT2D eigenvalue weighted by atomic mass is 19.4. The number of nitrogens with two attached hydrogens (primary N) is 1. The molecule has 3 aromatic rings. The normalized spacial score (nSPS) is 11.4. The number of alkyl halides is 3. The number of hydrogen-bond donors (Lipinski definition) is 1. The van der Waals surface area contributed by atoms with Crippen molar-refractivity contribution in [1.82, 2.24) is 20.1 Å². The van der Waals surface area contributed by atoms with Gasteiger partial charge in [-0.15, -0.1) is 0 Å². The molecule has 0 spiro atoms. The van der Waals surface area contributed by atoms with E-state index in [1.807, 2.05) is 0 Å². The number of benzene rings is 1. The molecule has 0 saturated carbocycles. The molecular formula is C16H12F3N5O3. The Kier molecular flexibility index (Phi) is 4.75. The summed E-state index contributed by atoms with van der Waals surface area (Å²) in [5.41, 5.74) is 5.82. The number of esters is 1. The van der Waals surface area contributed by atoms with Crippen molar-refractivity contribution in [2.75, 3.05) is 5.73 Å². The maximum absolute atomic E-state index is 12.6. The topological polar surface area (TPSA) is 117 Å². The van der Waals surface area contributed by atoms with Crippen LogP contribution in [0, 0.1) is 6.92 Å². The summed E-state index contributed by atoms with van der Waals surface area (Å²) in [6.07, 6.45) is -4.65. The SMILES string of the molecule is Cc1nc(N)nc(COC(=O)c2cccc(-c3cc(C(F)(F)F)on3)c2)n1. The van der Waals surface area contributed by atoms with E-state index in [1.54, 1.807) is 6.92 Å². The van der Waals surface area contributed by atoms with Gasteiger partial charge in [0.25, 0.3) is 0 Å². The summed E-state index contributed by atoms with van der Waals surface area (Å²) in [6, 6.07) is 6.52. The second kappa shape index (κ2) is 7.02. The summed E-state index contributed by atoms with van der Waals surface area (Å²) in [5, 5.41) is 3.38. The van der Waals surface area contributed by atoms with E-state index in [9.17, 15) is 18.0 Å². The number of nitrogens with zero attached hydrogens (tertiary/aromatic N) is 4. The van der Waals surface area contributed by atoms with Gasteiger partial charge in [0.1, 0.15) is 11.5 Å². The maximum Gasteiger partial charge on any atom is 0.452 e.